The summed E-state index contributed by atoms with van der Waals surface area (Å²) in [6.07, 6.45) is 0.121. The van der Waals surface area contributed by atoms with E-state index in [9.17, 15) is 0 Å². The number of azide groups is 1. The number of hydrogen-bond acceptors (Lipinski definition) is 4. The smallest absolute Gasteiger partial charge is 0.107 e. The monoisotopic (exact) mass is 187 g/mol. The fraction of sp³-hybridized carbons (Fsp3) is 1.00. The van der Waals surface area contributed by atoms with Gasteiger partial charge in [0.1, 0.15) is 6.10 Å². The highest BCUT2D eigenvalue weighted by Gasteiger charge is 2.30. The van der Waals surface area contributed by atoms with Crippen molar-refractivity contribution in [3.8, 4) is 0 Å². The summed E-state index contributed by atoms with van der Waals surface area (Å²) in [5, 5.41) is 12.4. The van der Waals surface area contributed by atoms with Gasteiger partial charge in [-0.1, -0.05) is 5.11 Å². The van der Waals surface area contributed by atoms with Crippen LogP contribution in [0.4, 0.5) is 0 Å². The Morgan fingerprint density at radius 2 is 2.54 bits per heavy atom. The van der Waals surface area contributed by atoms with Crippen molar-refractivity contribution in [3.63, 3.8) is 0 Å². The first-order chi connectivity index (χ1) is 6.31. The Bertz CT molecular complexity index is 205. The van der Waals surface area contributed by atoms with E-state index in [0.29, 0.717) is 13.0 Å². The molecule has 1 aliphatic heterocycles. The summed E-state index contributed by atoms with van der Waals surface area (Å²) in [7, 11) is 1.55. The topological polar surface area (TPSA) is 87.5 Å². The normalized spacial score (nSPS) is 33.8. The van der Waals surface area contributed by atoms with Crippen LogP contribution in [0.5, 0.6) is 0 Å². The van der Waals surface area contributed by atoms with Crippen LogP contribution in [0.15, 0.2) is 5.11 Å². The summed E-state index contributed by atoms with van der Waals surface area (Å²) in [5.41, 5.74) is 8.21. The van der Waals surface area contributed by atoms with Gasteiger partial charge in [-0.25, -0.2) is 0 Å². The van der Waals surface area contributed by atoms with Crippen LogP contribution in [0.2, 0.25) is 0 Å². The van der Waals surface area contributed by atoms with Crippen LogP contribution >= 0.6 is 0 Å². The number of rotatable bonds is 3. The number of aliphatic hydroxyl groups is 1. The van der Waals surface area contributed by atoms with Crippen LogP contribution in [0.1, 0.15) is 6.42 Å². The van der Waals surface area contributed by atoms with Gasteiger partial charge in [-0.2, -0.15) is 0 Å². The number of aliphatic hydroxyl groups excluding tert-OH is 1. The van der Waals surface area contributed by atoms with Crippen molar-refractivity contribution >= 4 is 0 Å². The van der Waals surface area contributed by atoms with E-state index in [2.05, 4.69) is 10.0 Å². The first-order valence-electron chi connectivity index (χ1n) is 4.11. The minimum absolute atomic E-state index is 0.0680. The third-order valence-electron chi connectivity index (χ3n) is 2.12. The summed E-state index contributed by atoms with van der Waals surface area (Å²) in [6.45, 7) is 0.288. The summed E-state index contributed by atoms with van der Waals surface area (Å²) in [6, 6.07) is -0.183. The number of hydrogen-bond donors (Lipinski definition) is 1. The molecule has 3 atom stereocenters. The summed E-state index contributed by atoms with van der Waals surface area (Å²) in [4.78, 5) is 2.71. The lowest BCUT2D eigenvalue weighted by atomic mass is 10.0. The van der Waals surface area contributed by atoms with Crippen LogP contribution in [0.3, 0.4) is 0 Å². The lowest BCUT2D eigenvalue weighted by Gasteiger charge is -2.32. The predicted molar refractivity (Wildman–Crippen MR) is 45.2 cm³/mol. The molecule has 0 spiro atoms. The minimum atomic E-state index is -0.296. The van der Waals surface area contributed by atoms with Crippen molar-refractivity contribution in [2.24, 2.45) is 5.11 Å². The van der Waals surface area contributed by atoms with Gasteiger partial charge >= 0.3 is 0 Å². The Hall–Kier alpha value is -0.810. The summed E-state index contributed by atoms with van der Waals surface area (Å²) in [5.74, 6) is 0. The zero-order chi connectivity index (χ0) is 9.68. The quantitative estimate of drug-likeness (QED) is 0.395. The maximum atomic E-state index is 8.90. The first-order valence-corrected chi connectivity index (χ1v) is 4.11. The van der Waals surface area contributed by atoms with Crippen molar-refractivity contribution in [1.82, 2.24) is 0 Å². The average molecular weight is 187 g/mol. The fourth-order valence-corrected chi connectivity index (χ4v) is 1.40. The van der Waals surface area contributed by atoms with E-state index in [4.69, 9.17) is 20.1 Å². The molecule has 0 saturated carbocycles. The Labute approximate surface area is 76.1 Å². The van der Waals surface area contributed by atoms with Crippen LogP contribution in [0, 0.1) is 0 Å². The molecular formula is C7H13N3O3. The van der Waals surface area contributed by atoms with Crippen molar-refractivity contribution in [1.29, 1.82) is 0 Å². The molecule has 1 aliphatic rings. The molecule has 1 N–H and O–H groups in total. The molecule has 6 nitrogen and oxygen atoms in total. The second-order valence-corrected chi connectivity index (χ2v) is 2.92. The molecule has 1 unspecified atom stereocenters. The molecule has 0 aliphatic carbocycles. The molecular weight excluding hydrogens is 174 g/mol. The Morgan fingerprint density at radius 3 is 3.08 bits per heavy atom. The van der Waals surface area contributed by atoms with Gasteiger partial charge in [-0.3, -0.25) is 0 Å². The predicted octanol–water partition coefficient (Wildman–Crippen LogP) is 0.461. The lowest BCUT2D eigenvalue weighted by molar-refractivity contribution is -0.115. The van der Waals surface area contributed by atoms with Crippen LogP contribution in [-0.2, 0) is 9.47 Å². The van der Waals surface area contributed by atoms with E-state index >= 15 is 0 Å². The summed E-state index contributed by atoms with van der Waals surface area (Å²) < 4.78 is 10.4. The van der Waals surface area contributed by atoms with Crippen molar-refractivity contribution in [3.05, 3.63) is 10.4 Å². The average Bonchev–Trinajstić information content (AvgIpc) is 2.18. The number of nitrogens with zero attached hydrogens (tertiary/aromatic N) is 3. The van der Waals surface area contributed by atoms with E-state index in [-0.39, 0.29) is 24.9 Å². The molecule has 0 amide bonds. The van der Waals surface area contributed by atoms with E-state index in [1.165, 1.54) is 0 Å². The van der Waals surface area contributed by atoms with E-state index in [0.717, 1.165) is 0 Å². The highest BCUT2D eigenvalue weighted by Crippen LogP contribution is 2.19. The van der Waals surface area contributed by atoms with Gasteiger partial charge in [0, 0.05) is 12.0 Å². The van der Waals surface area contributed by atoms with Gasteiger partial charge in [0.25, 0.3) is 0 Å². The van der Waals surface area contributed by atoms with Crippen molar-refractivity contribution in [2.75, 3.05) is 20.3 Å². The Morgan fingerprint density at radius 1 is 1.77 bits per heavy atom. The number of ether oxygens (including phenoxy) is 2. The highest BCUT2D eigenvalue weighted by molar-refractivity contribution is 4.83. The highest BCUT2D eigenvalue weighted by atomic mass is 16.5. The Kier molecular flexibility index (Phi) is 3.98. The SMILES string of the molecule is CO[C@@H]1CC(N=[N+]=[N-])CO[C@@H]1CO. The van der Waals surface area contributed by atoms with Gasteiger partial charge < -0.3 is 14.6 Å². The van der Waals surface area contributed by atoms with Gasteiger partial charge in [0.05, 0.1) is 25.4 Å². The van der Waals surface area contributed by atoms with E-state index in [1.54, 1.807) is 7.11 Å². The molecule has 0 aromatic heterocycles. The standard InChI is InChI=1S/C7H13N3O3/c1-12-6-2-5(9-10-8)4-13-7(6)3-11/h5-7,11H,2-4H2,1H3/t5?,6-,7-/m1/s1. The minimum Gasteiger partial charge on any atom is -0.394 e. The molecule has 74 valence electrons. The molecule has 1 saturated heterocycles. The van der Waals surface area contributed by atoms with Crippen LogP contribution in [-0.4, -0.2) is 43.7 Å². The molecule has 0 radical (unpaired) electrons. The van der Waals surface area contributed by atoms with Crippen LogP contribution < -0.4 is 0 Å². The van der Waals surface area contributed by atoms with Gasteiger partial charge in [-0.15, -0.1) is 0 Å². The molecule has 1 rings (SSSR count). The third-order valence-corrected chi connectivity index (χ3v) is 2.12. The number of methoxy groups -OCH3 is 1. The fourth-order valence-electron chi connectivity index (χ4n) is 1.40. The van der Waals surface area contributed by atoms with Gasteiger partial charge in [0.15, 0.2) is 0 Å². The molecule has 6 heteroatoms. The Balaban J connectivity index is 2.51. The zero-order valence-corrected chi connectivity index (χ0v) is 7.46. The largest absolute Gasteiger partial charge is 0.394 e. The lowest BCUT2D eigenvalue weighted by Crippen LogP contribution is -2.43. The molecule has 1 fully saturated rings. The zero-order valence-electron chi connectivity index (χ0n) is 7.46. The van der Waals surface area contributed by atoms with Crippen molar-refractivity contribution in [2.45, 2.75) is 24.7 Å². The van der Waals surface area contributed by atoms with Crippen molar-refractivity contribution < 1.29 is 14.6 Å². The maximum absolute atomic E-state index is 8.90. The van der Waals surface area contributed by atoms with E-state index < -0.39 is 0 Å². The molecule has 13 heavy (non-hydrogen) atoms. The second-order valence-electron chi connectivity index (χ2n) is 2.92. The summed E-state index contributed by atoms with van der Waals surface area (Å²) >= 11 is 0. The molecule has 0 aromatic carbocycles. The van der Waals surface area contributed by atoms with E-state index in [1.807, 2.05) is 0 Å². The van der Waals surface area contributed by atoms with Gasteiger partial charge in [-0.05, 0) is 12.0 Å². The maximum Gasteiger partial charge on any atom is 0.107 e. The molecule has 0 aromatic rings. The molecule has 1 heterocycles. The third kappa shape index (κ3) is 2.57. The molecule has 0 bridgehead atoms. The van der Waals surface area contributed by atoms with Crippen LogP contribution in [0.25, 0.3) is 10.4 Å². The van der Waals surface area contributed by atoms with Gasteiger partial charge in [0.2, 0.25) is 0 Å². The second kappa shape index (κ2) is 5.04. The first kappa shape index (κ1) is 10.3.